The van der Waals surface area contributed by atoms with Gasteiger partial charge in [0.15, 0.2) is 0 Å². The van der Waals surface area contributed by atoms with Crippen molar-refractivity contribution in [2.24, 2.45) is 11.8 Å². The number of carbonyl (C=O) groups excluding carboxylic acids is 1. The fourth-order valence-corrected chi connectivity index (χ4v) is 11.7. The van der Waals surface area contributed by atoms with E-state index in [2.05, 4.69) is 132 Å². The lowest BCUT2D eigenvalue weighted by atomic mass is 9.73. The van der Waals surface area contributed by atoms with E-state index in [1.165, 1.54) is 32.2 Å². The molecule has 53 heavy (non-hydrogen) atoms. The lowest BCUT2D eigenvalue weighted by molar-refractivity contribution is 0.00171. The van der Waals surface area contributed by atoms with E-state index < -0.39 is 7.92 Å². The number of piperidine rings is 3. The molecule has 5 atom stereocenters. The molecule has 3 saturated heterocycles. The van der Waals surface area contributed by atoms with Gasteiger partial charge in [-0.1, -0.05) is 109 Å². The Hall–Kier alpha value is -5.35. The molecule has 10 rings (SSSR count). The average Bonchev–Trinajstić information content (AvgIpc) is 3.23. The minimum Gasteiger partial charge on any atom is -0.497 e. The third-order valence-corrected chi connectivity index (χ3v) is 14.2. The number of methoxy groups -OCH3 is 1. The second-order valence-electron chi connectivity index (χ2n) is 14.3. The van der Waals surface area contributed by atoms with Gasteiger partial charge in [0.2, 0.25) is 0 Å². The third kappa shape index (κ3) is 6.08. The van der Waals surface area contributed by atoms with Crippen molar-refractivity contribution in [3.8, 4) is 5.75 Å². The largest absolute Gasteiger partial charge is 0.497 e. The SMILES string of the molecule is C=CC1CN2CCC1C[C@H]2[C@@H](NC(=O)c1ccccc1P(c1cccc2ccccc12)c1cccc2ccccc12)c1ccnc2ccc(OC)cc12. The van der Waals surface area contributed by atoms with Crippen molar-refractivity contribution in [3.63, 3.8) is 0 Å². The van der Waals surface area contributed by atoms with Gasteiger partial charge < -0.3 is 10.1 Å². The Morgan fingerprint density at radius 1 is 0.830 bits per heavy atom. The number of rotatable bonds is 9. The van der Waals surface area contributed by atoms with Crippen LogP contribution in [0.15, 0.2) is 152 Å². The maximum Gasteiger partial charge on any atom is 0.252 e. The van der Waals surface area contributed by atoms with Gasteiger partial charge in [0.1, 0.15) is 5.75 Å². The molecule has 3 unspecified atom stereocenters. The molecule has 6 aromatic carbocycles. The van der Waals surface area contributed by atoms with Crippen LogP contribution in [-0.4, -0.2) is 42.0 Å². The highest BCUT2D eigenvalue weighted by molar-refractivity contribution is 7.80. The van der Waals surface area contributed by atoms with Crippen molar-refractivity contribution in [1.82, 2.24) is 15.2 Å². The van der Waals surface area contributed by atoms with Crippen molar-refractivity contribution >= 4 is 62.2 Å². The summed E-state index contributed by atoms with van der Waals surface area (Å²) in [6.45, 7) is 6.15. The monoisotopic (exact) mass is 711 g/mol. The van der Waals surface area contributed by atoms with E-state index in [0.29, 0.717) is 17.4 Å². The molecule has 4 heterocycles. The molecule has 2 bridgehead atoms. The van der Waals surface area contributed by atoms with E-state index in [-0.39, 0.29) is 18.0 Å². The molecule has 6 heteroatoms. The number of fused-ring (bicyclic) bond motifs is 6. The Kier molecular flexibility index (Phi) is 8.99. The van der Waals surface area contributed by atoms with Crippen molar-refractivity contribution in [2.45, 2.75) is 24.9 Å². The van der Waals surface area contributed by atoms with Crippen LogP contribution >= 0.6 is 7.92 Å². The molecule has 1 amide bonds. The van der Waals surface area contributed by atoms with E-state index in [0.717, 1.165) is 53.5 Å². The number of amides is 1. The first-order valence-corrected chi connectivity index (χ1v) is 19.9. The number of carbonyl (C=O) groups is 1. The summed E-state index contributed by atoms with van der Waals surface area (Å²) in [6, 6.07) is 46.6. The summed E-state index contributed by atoms with van der Waals surface area (Å²) in [5.74, 6) is 1.73. The predicted molar refractivity (Wildman–Crippen MR) is 220 cm³/mol. The number of benzene rings is 6. The molecule has 0 aliphatic carbocycles. The van der Waals surface area contributed by atoms with Crippen LogP contribution in [0.4, 0.5) is 0 Å². The van der Waals surface area contributed by atoms with Crippen LogP contribution in [0, 0.1) is 11.8 Å². The predicted octanol–water partition coefficient (Wildman–Crippen LogP) is 8.68. The Morgan fingerprint density at radius 2 is 1.49 bits per heavy atom. The Balaban J connectivity index is 1.20. The molecule has 0 saturated carbocycles. The van der Waals surface area contributed by atoms with E-state index in [4.69, 9.17) is 9.72 Å². The molecular formula is C47H42N3O2P. The van der Waals surface area contributed by atoms with Gasteiger partial charge in [-0.05, 0) is 112 Å². The summed E-state index contributed by atoms with van der Waals surface area (Å²) in [5, 5.41) is 13.0. The van der Waals surface area contributed by atoms with Crippen molar-refractivity contribution in [3.05, 3.63) is 163 Å². The molecule has 0 spiro atoms. The van der Waals surface area contributed by atoms with Gasteiger partial charge in [-0.2, -0.15) is 0 Å². The minimum absolute atomic E-state index is 0.0608. The van der Waals surface area contributed by atoms with Crippen molar-refractivity contribution < 1.29 is 9.53 Å². The van der Waals surface area contributed by atoms with Gasteiger partial charge in [-0.15, -0.1) is 6.58 Å². The molecule has 3 aliphatic rings. The lowest BCUT2D eigenvalue weighted by Gasteiger charge is -2.51. The average molecular weight is 712 g/mol. The number of nitrogens with one attached hydrogen (secondary N) is 1. The summed E-state index contributed by atoms with van der Waals surface area (Å²) in [4.78, 5) is 22.5. The van der Waals surface area contributed by atoms with E-state index in [1.54, 1.807) is 7.11 Å². The van der Waals surface area contributed by atoms with Gasteiger partial charge in [0.25, 0.3) is 5.91 Å². The molecule has 5 nitrogen and oxygen atoms in total. The molecule has 0 radical (unpaired) electrons. The lowest BCUT2D eigenvalue weighted by Crippen LogP contribution is -2.57. The van der Waals surface area contributed by atoms with Crippen molar-refractivity contribution in [1.29, 1.82) is 0 Å². The fraction of sp³-hybridized carbons (Fsp3) is 0.191. The highest BCUT2D eigenvalue weighted by Crippen LogP contribution is 2.43. The zero-order chi connectivity index (χ0) is 35.9. The molecule has 3 aliphatic heterocycles. The molecule has 3 fully saturated rings. The summed E-state index contributed by atoms with van der Waals surface area (Å²) in [5.41, 5.74) is 2.66. The second kappa shape index (κ2) is 14.2. The maximum atomic E-state index is 15.2. The number of hydrogen-bond donors (Lipinski definition) is 1. The highest BCUT2D eigenvalue weighted by atomic mass is 31.1. The maximum absolute atomic E-state index is 15.2. The molecule has 7 aromatic rings. The fourth-order valence-electron chi connectivity index (χ4n) is 8.93. The Bertz CT molecular complexity index is 2410. The zero-order valence-electron chi connectivity index (χ0n) is 29.9. The normalized spacial score (nSPS) is 20.1. The van der Waals surface area contributed by atoms with Crippen LogP contribution in [0.2, 0.25) is 0 Å². The first kappa shape index (κ1) is 33.5. The number of nitrogens with zero attached hydrogens (tertiary/aromatic N) is 2. The van der Waals surface area contributed by atoms with E-state index in [1.807, 2.05) is 30.5 Å². The Labute approximate surface area is 312 Å². The van der Waals surface area contributed by atoms with Gasteiger partial charge in [-0.3, -0.25) is 14.7 Å². The van der Waals surface area contributed by atoms with Crippen LogP contribution in [0.3, 0.4) is 0 Å². The molecule has 1 aromatic heterocycles. The number of pyridine rings is 1. The smallest absolute Gasteiger partial charge is 0.252 e. The summed E-state index contributed by atoms with van der Waals surface area (Å²) in [7, 11) is 0.544. The van der Waals surface area contributed by atoms with E-state index in [9.17, 15) is 0 Å². The van der Waals surface area contributed by atoms with Crippen LogP contribution in [0.1, 0.15) is 34.8 Å². The van der Waals surface area contributed by atoms with Gasteiger partial charge in [0, 0.05) is 29.7 Å². The summed E-state index contributed by atoms with van der Waals surface area (Å²) < 4.78 is 5.68. The minimum atomic E-state index is -1.15. The van der Waals surface area contributed by atoms with Gasteiger partial charge in [-0.25, -0.2) is 0 Å². The number of hydrogen-bond acceptors (Lipinski definition) is 4. The van der Waals surface area contributed by atoms with Crippen LogP contribution in [-0.2, 0) is 0 Å². The first-order valence-electron chi connectivity index (χ1n) is 18.6. The molecule has 262 valence electrons. The third-order valence-electron chi connectivity index (χ3n) is 11.5. The summed E-state index contributed by atoms with van der Waals surface area (Å²) >= 11 is 0. The molecular weight excluding hydrogens is 670 g/mol. The Morgan fingerprint density at radius 3 is 2.17 bits per heavy atom. The van der Waals surface area contributed by atoms with Gasteiger partial charge in [0.05, 0.1) is 18.7 Å². The van der Waals surface area contributed by atoms with Gasteiger partial charge >= 0.3 is 0 Å². The molecule has 1 N–H and O–H groups in total. The highest BCUT2D eigenvalue weighted by Gasteiger charge is 2.43. The van der Waals surface area contributed by atoms with Crippen LogP contribution in [0.25, 0.3) is 32.4 Å². The van der Waals surface area contributed by atoms with Crippen LogP contribution < -0.4 is 26.0 Å². The first-order chi connectivity index (χ1) is 26.1. The zero-order valence-corrected chi connectivity index (χ0v) is 30.8. The summed E-state index contributed by atoms with van der Waals surface area (Å²) in [6.07, 6.45) is 6.16. The van der Waals surface area contributed by atoms with E-state index >= 15 is 4.79 Å². The standard InChI is InChI=1S/C47H42N3O2P/c1-3-31-30-50-27-25-34(31)28-42(50)46(38-24-26-48-41-23-22-35(52-2)29-40(38)41)49-47(51)39-18-8-9-19-45(39)53(43-20-10-14-32-12-4-6-16-36(32)43)44-21-11-15-33-13-5-7-17-37(33)44/h3-24,26,29,31,34,42,46H,1,25,27-28,30H2,2H3,(H,49,51)/t31?,34?,42-,46-/m0/s1. The topological polar surface area (TPSA) is 54.5 Å². The van der Waals surface area contributed by atoms with Crippen molar-refractivity contribution in [2.75, 3.05) is 20.2 Å². The second-order valence-corrected chi connectivity index (χ2v) is 16.4. The quantitative estimate of drug-likeness (QED) is 0.120. The van der Waals surface area contributed by atoms with Crippen LogP contribution in [0.5, 0.6) is 5.75 Å². The number of aromatic nitrogens is 1. The number of ether oxygens (including phenoxy) is 1.